The first kappa shape index (κ1) is 21.4. The second-order valence-electron chi connectivity index (χ2n) is 5.58. The Labute approximate surface area is 141 Å². The van der Waals surface area contributed by atoms with Gasteiger partial charge in [0, 0.05) is 6.42 Å². The summed E-state index contributed by atoms with van der Waals surface area (Å²) in [5.41, 5.74) is 0. The van der Waals surface area contributed by atoms with E-state index in [9.17, 15) is 9.90 Å². The Balaban J connectivity index is 3.57. The smallest absolute Gasteiger partial charge is 0.303 e. The lowest BCUT2D eigenvalue weighted by atomic mass is 10.1. The number of hydrogen-bond acceptors (Lipinski definition) is 2. The fourth-order valence-electron chi connectivity index (χ4n) is 1.98. The van der Waals surface area contributed by atoms with Crippen molar-refractivity contribution < 1.29 is 15.0 Å². The van der Waals surface area contributed by atoms with Crippen LogP contribution in [0.25, 0.3) is 0 Å². The van der Waals surface area contributed by atoms with Crippen LogP contribution >= 0.6 is 0 Å². The molecule has 0 aromatic rings. The molecule has 1 atom stereocenters. The van der Waals surface area contributed by atoms with Gasteiger partial charge in [0.2, 0.25) is 0 Å². The van der Waals surface area contributed by atoms with Crippen LogP contribution in [0.1, 0.15) is 64.7 Å². The molecule has 0 aliphatic heterocycles. The van der Waals surface area contributed by atoms with Gasteiger partial charge in [-0.3, -0.25) is 4.79 Å². The molecule has 0 saturated carbocycles. The molecule has 3 heteroatoms. The van der Waals surface area contributed by atoms with Gasteiger partial charge in [-0.05, 0) is 32.1 Å². The quantitative estimate of drug-likeness (QED) is 0.263. The molecule has 0 amide bonds. The molecular weight excluding hydrogens is 288 g/mol. The summed E-state index contributed by atoms with van der Waals surface area (Å²) < 4.78 is 0. The third-order valence-corrected chi connectivity index (χ3v) is 3.32. The number of aliphatic hydroxyl groups excluding tert-OH is 1. The van der Waals surface area contributed by atoms with Gasteiger partial charge in [-0.1, -0.05) is 74.8 Å². The summed E-state index contributed by atoms with van der Waals surface area (Å²) in [6.07, 6.45) is 23.6. The lowest BCUT2D eigenvalue weighted by Gasteiger charge is -2.02. The second kappa shape index (κ2) is 16.8. The highest BCUT2D eigenvalue weighted by Crippen LogP contribution is 2.04. The number of allylic oxidation sites excluding steroid dienone is 7. The average molecular weight is 320 g/mol. The highest BCUT2D eigenvalue weighted by Gasteiger charge is 1.96. The van der Waals surface area contributed by atoms with Gasteiger partial charge in [-0.15, -0.1) is 0 Å². The van der Waals surface area contributed by atoms with Gasteiger partial charge in [-0.25, -0.2) is 0 Å². The molecule has 0 spiro atoms. The highest BCUT2D eigenvalue weighted by atomic mass is 16.4. The van der Waals surface area contributed by atoms with Crippen molar-refractivity contribution in [3.8, 4) is 0 Å². The Morgan fingerprint density at radius 3 is 2.35 bits per heavy atom. The van der Waals surface area contributed by atoms with Gasteiger partial charge in [0.05, 0.1) is 6.10 Å². The minimum atomic E-state index is -0.729. The van der Waals surface area contributed by atoms with E-state index in [1.54, 1.807) is 0 Å². The average Bonchev–Trinajstić information content (AvgIpc) is 2.51. The van der Waals surface area contributed by atoms with Gasteiger partial charge in [0.25, 0.3) is 0 Å². The number of carboxylic acid groups (broad SMARTS) is 1. The molecule has 0 heterocycles. The van der Waals surface area contributed by atoms with Crippen molar-refractivity contribution in [2.45, 2.75) is 70.8 Å². The van der Waals surface area contributed by atoms with Crippen LogP contribution in [0.5, 0.6) is 0 Å². The summed E-state index contributed by atoms with van der Waals surface area (Å²) in [5.74, 6) is -0.729. The minimum absolute atomic E-state index is 0.242. The van der Waals surface area contributed by atoms with Gasteiger partial charge >= 0.3 is 5.97 Å². The predicted octanol–water partition coefficient (Wildman–Crippen LogP) is 5.19. The van der Waals surface area contributed by atoms with Crippen LogP contribution in [-0.2, 0) is 4.79 Å². The zero-order chi connectivity index (χ0) is 17.2. The van der Waals surface area contributed by atoms with Crippen LogP contribution < -0.4 is 0 Å². The molecule has 0 fully saturated rings. The molecule has 23 heavy (non-hydrogen) atoms. The molecule has 0 radical (unpaired) electrons. The van der Waals surface area contributed by atoms with Crippen LogP contribution in [0.2, 0.25) is 0 Å². The Morgan fingerprint density at radius 2 is 1.65 bits per heavy atom. The number of aliphatic hydroxyl groups is 1. The van der Waals surface area contributed by atoms with Crippen molar-refractivity contribution in [1.29, 1.82) is 0 Å². The zero-order valence-electron chi connectivity index (χ0n) is 14.4. The normalized spacial score (nSPS) is 13.8. The van der Waals surface area contributed by atoms with Crippen molar-refractivity contribution in [3.63, 3.8) is 0 Å². The summed E-state index contributed by atoms with van der Waals surface area (Å²) >= 11 is 0. The maximum absolute atomic E-state index is 10.3. The largest absolute Gasteiger partial charge is 0.481 e. The molecule has 0 rings (SSSR count). The van der Waals surface area contributed by atoms with E-state index < -0.39 is 5.97 Å². The number of aliphatic carboxylic acids is 1. The molecule has 0 aliphatic carbocycles. The third kappa shape index (κ3) is 18.3. The van der Waals surface area contributed by atoms with E-state index in [0.29, 0.717) is 6.42 Å². The van der Waals surface area contributed by atoms with Gasteiger partial charge < -0.3 is 10.2 Å². The van der Waals surface area contributed by atoms with Crippen LogP contribution in [0, 0.1) is 0 Å². The van der Waals surface area contributed by atoms with E-state index in [2.05, 4.69) is 31.2 Å². The summed E-state index contributed by atoms with van der Waals surface area (Å²) in [6, 6.07) is 0. The molecule has 0 saturated heterocycles. The van der Waals surface area contributed by atoms with E-state index in [-0.39, 0.29) is 12.5 Å². The first-order valence-corrected chi connectivity index (χ1v) is 8.70. The van der Waals surface area contributed by atoms with Crippen molar-refractivity contribution >= 4 is 5.97 Å². The molecule has 130 valence electrons. The molecule has 0 aromatic carbocycles. The van der Waals surface area contributed by atoms with Crippen LogP contribution in [0.4, 0.5) is 0 Å². The Bertz CT molecular complexity index is 392. The lowest BCUT2D eigenvalue weighted by Crippen LogP contribution is -2.00. The van der Waals surface area contributed by atoms with Crippen LogP contribution in [0.3, 0.4) is 0 Å². The first-order valence-electron chi connectivity index (χ1n) is 8.70. The highest BCUT2D eigenvalue weighted by molar-refractivity contribution is 5.66. The Kier molecular flexibility index (Phi) is 15.6. The van der Waals surface area contributed by atoms with Crippen molar-refractivity contribution in [2.75, 3.05) is 0 Å². The maximum atomic E-state index is 10.3. The minimum Gasteiger partial charge on any atom is -0.481 e. The standard InChI is InChI=1S/C20H32O3/c1-2-3-13-16-19(21)17-14-11-9-7-5-4-6-8-10-12-15-18-20(22)23/h4-5,8-11,14,17,19,21H,2-3,6-7,12-13,15-16,18H2,1H3,(H,22,23)/b5-4-,10-8+,11-9-,17-14-/t19-/m1/s1. The van der Waals surface area contributed by atoms with Crippen molar-refractivity contribution in [2.24, 2.45) is 0 Å². The molecule has 0 aromatic heterocycles. The van der Waals surface area contributed by atoms with Gasteiger partial charge in [0.15, 0.2) is 0 Å². The second-order valence-corrected chi connectivity index (χ2v) is 5.58. The molecular formula is C20H32O3. The van der Waals surface area contributed by atoms with Crippen LogP contribution in [0.15, 0.2) is 48.6 Å². The van der Waals surface area contributed by atoms with E-state index in [4.69, 9.17) is 5.11 Å². The number of carbonyl (C=O) groups is 1. The topological polar surface area (TPSA) is 57.5 Å². The SMILES string of the molecule is CCCCC[C@@H](O)/C=C\C=C/C/C=C\C/C=C/CCCC(=O)O. The molecule has 3 nitrogen and oxygen atoms in total. The molecule has 0 bridgehead atoms. The van der Waals surface area contributed by atoms with Crippen LogP contribution in [-0.4, -0.2) is 22.3 Å². The fourth-order valence-corrected chi connectivity index (χ4v) is 1.98. The van der Waals surface area contributed by atoms with Gasteiger partial charge in [-0.2, -0.15) is 0 Å². The fraction of sp³-hybridized carbons (Fsp3) is 0.550. The Hall–Kier alpha value is -1.61. The van der Waals surface area contributed by atoms with E-state index in [1.165, 1.54) is 12.8 Å². The lowest BCUT2D eigenvalue weighted by molar-refractivity contribution is -0.137. The summed E-state index contributed by atoms with van der Waals surface area (Å²) in [7, 11) is 0. The third-order valence-electron chi connectivity index (χ3n) is 3.32. The number of hydrogen-bond donors (Lipinski definition) is 2. The van der Waals surface area contributed by atoms with Crippen molar-refractivity contribution in [1.82, 2.24) is 0 Å². The number of unbranched alkanes of at least 4 members (excludes halogenated alkanes) is 3. The Morgan fingerprint density at radius 1 is 0.957 bits per heavy atom. The number of rotatable bonds is 14. The first-order chi connectivity index (χ1) is 11.2. The summed E-state index contributed by atoms with van der Waals surface area (Å²) in [4.78, 5) is 10.3. The van der Waals surface area contributed by atoms with Gasteiger partial charge in [0.1, 0.15) is 0 Å². The van der Waals surface area contributed by atoms with Crippen molar-refractivity contribution in [3.05, 3.63) is 48.6 Å². The van der Waals surface area contributed by atoms with E-state index in [0.717, 1.165) is 32.1 Å². The molecule has 0 unspecified atom stereocenters. The molecule has 0 aliphatic rings. The summed E-state index contributed by atoms with van der Waals surface area (Å²) in [5, 5.41) is 18.2. The number of carboxylic acids is 1. The molecule has 2 N–H and O–H groups in total. The zero-order valence-corrected chi connectivity index (χ0v) is 14.4. The van der Waals surface area contributed by atoms with E-state index in [1.807, 2.05) is 24.3 Å². The summed E-state index contributed by atoms with van der Waals surface area (Å²) in [6.45, 7) is 2.16. The monoisotopic (exact) mass is 320 g/mol. The predicted molar refractivity (Wildman–Crippen MR) is 97.4 cm³/mol. The van der Waals surface area contributed by atoms with E-state index >= 15 is 0 Å². The maximum Gasteiger partial charge on any atom is 0.303 e.